The minimum Gasteiger partial charge on any atom is -0.393 e. The summed E-state index contributed by atoms with van der Waals surface area (Å²) in [5, 5.41) is 7.69. The summed E-state index contributed by atoms with van der Waals surface area (Å²) < 4.78 is 0. The van der Waals surface area contributed by atoms with Gasteiger partial charge in [0, 0.05) is 0 Å². The van der Waals surface area contributed by atoms with Crippen LogP contribution in [-0.2, 0) is 0 Å². The van der Waals surface area contributed by atoms with Crippen molar-refractivity contribution in [3.63, 3.8) is 0 Å². The number of para-hydroxylation sites is 2. The summed E-state index contributed by atoms with van der Waals surface area (Å²) in [5.74, 6) is 0.543. The highest BCUT2D eigenvalue weighted by Crippen LogP contribution is 2.28. The number of nitrogens with zero attached hydrogens (tertiary/aromatic N) is 3. The molecule has 5 rings (SSSR count). The lowest BCUT2D eigenvalue weighted by Gasteiger charge is -2.37. The van der Waals surface area contributed by atoms with Crippen molar-refractivity contribution in [1.82, 2.24) is 0 Å². The average Bonchev–Trinajstić information content (AvgIpc) is 2.93. The molecule has 0 spiro atoms. The zero-order valence-corrected chi connectivity index (χ0v) is 19.3. The molecular weight excluding hydrogens is 432 g/mol. The summed E-state index contributed by atoms with van der Waals surface area (Å²) in [6, 6.07) is 39.9. The Hall–Kier alpha value is -4.97. The third-order valence-corrected chi connectivity index (χ3v) is 5.23. The maximum Gasteiger partial charge on any atom is 0.173 e. The standard InChI is InChI=1S/C15H16N6.C14H12/c16-13-14(17)19-21(12-9-5-2-6-10-12)20(15(13)18)11-7-3-1-4-8-11;1-3-7-13(8-4-1)11-12-14-9-5-2-6-10-14/h1-10H,16,18H2,(H2,17,19);1-12H. The van der Waals surface area contributed by atoms with Gasteiger partial charge in [0.2, 0.25) is 0 Å². The quantitative estimate of drug-likeness (QED) is 0.366. The molecule has 4 aromatic carbocycles. The number of anilines is 2. The van der Waals surface area contributed by atoms with Crippen LogP contribution in [0.5, 0.6) is 0 Å². The van der Waals surface area contributed by atoms with E-state index >= 15 is 0 Å². The molecule has 0 saturated heterocycles. The van der Waals surface area contributed by atoms with Crippen LogP contribution in [0.4, 0.5) is 11.4 Å². The predicted molar refractivity (Wildman–Crippen MR) is 147 cm³/mol. The Balaban J connectivity index is 0.000000179. The number of hydrogen-bond acceptors (Lipinski definition) is 6. The molecular formula is C29H28N6. The smallest absolute Gasteiger partial charge is 0.173 e. The molecule has 0 saturated carbocycles. The van der Waals surface area contributed by atoms with E-state index in [1.54, 1.807) is 10.1 Å². The molecule has 0 aliphatic carbocycles. The Morgan fingerprint density at radius 2 is 0.914 bits per heavy atom. The number of hydrazine groups is 1. The van der Waals surface area contributed by atoms with Gasteiger partial charge in [-0.1, -0.05) is 109 Å². The van der Waals surface area contributed by atoms with Crippen LogP contribution < -0.4 is 27.3 Å². The first-order valence-corrected chi connectivity index (χ1v) is 11.2. The third-order valence-electron chi connectivity index (χ3n) is 5.23. The highest BCUT2D eigenvalue weighted by molar-refractivity contribution is 5.99. The second-order valence-corrected chi connectivity index (χ2v) is 7.71. The predicted octanol–water partition coefficient (Wildman–Crippen LogP) is 5.14. The van der Waals surface area contributed by atoms with Crippen LogP contribution in [-0.4, -0.2) is 5.84 Å². The van der Waals surface area contributed by atoms with Gasteiger partial charge in [0.25, 0.3) is 0 Å². The fourth-order valence-electron chi connectivity index (χ4n) is 3.42. The SMILES string of the molecule is C(=Cc1ccccc1)c1ccccc1.NC1=NN(c2ccccc2)N(c2ccccc2)C(N)=C1N. The van der Waals surface area contributed by atoms with Gasteiger partial charge < -0.3 is 17.2 Å². The number of hydrazone groups is 1. The largest absolute Gasteiger partial charge is 0.393 e. The summed E-state index contributed by atoms with van der Waals surface area (Å²) >= 11 is 0. The van der Waals surface area contributed by atoms with Gasteiger partial charge in [-0.2, -0.15) is 5.12 Å². The van der Waals surface area contributed by atoms with Gasteiger partial charge in [-0.15, -0.1) is 5.10 Å². The Morgan fingerprint density at radius 3 is 1.37 bits per heavy atom. The van der Waals surface area contributed by atoms with E-state index in [0.29, 0.717) is 5.82 Å². The molecule has 0 radical (unpaired) electrons. The van der Waals surface area contributed by atoms with Gasteiger partial charge in [0.15, 0.2) is 11.7 Å². The molecule has 1 aliphatic heterocycles. The van der Waals surface area contributed by atoms with Crippen molar-refractivity contribution in [2.75, 3.05) is 10.1 Å². The van der Waals surface area contributed by atoms with E-state index in [-0.39, 0.29) is 11.5 Å². The lowest BCUT2D eigenvalue weighted by Crippen LogP contribution is -2.49. The molecule has 0 bridgehead atoms. The third kappa shape index (κ3) is 5.89. The molecule has 0 aromatic heterocycles. The summed E-state index contributed by atoms with van der Waals surface area (Å²) in [6.07, 6.45) is 4.24. The van der Waals surface area contributed by atoms with Crippen LogP contribution in [0, 0.1) is 0 Å². The first-order chi connectivity index (χ1) is 17.1. The molecule has 4 aromatic rings. The van der Waals surface area contributed by atoms with Gasteiger partial charge in [0.1, 0.15) is 5.70 Å². The van der Waals surface area contributed by atoms with E-state index in [0.717, 1.165) is 11.4 Å². The molecule has 0 amide bonds. The monoisotopic (exact) mass is 460 g/mol. The molecule has 174 valence electrons. The Morgan fingerprint density at radius 1 is 0.514 bits per heavy atom. The molecule has 6 nitrogen and oxygen atoms in total. The lowest BCUT2D eigenvalue weighted by molar-refractivity contribution is 0.790. The summed E-state index contributed by atoms with van der Waals surface area (Å²) in [6.45, 7) is 0. The number of nitrogens with two attached hydrogens (primary N) is 3. The van der Waals surface area contributed by atoms with Crippen molar-refractivity contribution in [3.05, 3.63) is 144 Å². The Bertz CT molecular complexity index is 1260. The van der Waals surface area contributed by atoms with Crippen LogP contribution in [0.1, 0.15) is 11.1 Å². The van der Waals surface area contributed by atoms with Gasteiger partial charge in [-0.25, -0.2) is 5.01 Å². The number of amidine groups is 1. The minimum absolute atomic E-state index is 0.198. The van der Waals surface area contributed by atoms with Crippen molar-refractivity contribution in [2.24, 2.45) is 22.3 Å². The lowest BCUT2D eigenvalue weighted by atomic mass is 10.1. The fourth-order valence-corrected chi connectivity index (χ4v) is 3.42. The van der Waals surface area contributed by atoms with Gasteiger partial charge in [0.05, 0.1) is 11.4 Å². The summed E-state index contributed by atoms with van der Waals surface area (Å²) in [4.78, 5) is 0. The molecule has 35 heavy (non-hydrogen) atoms. The van der Waals surface area contributed by atoms with Gasteiger partial charge >= 0.3 is 0 Å². The van der Waals surface area contributed by atoms with Gasteiger partial charge in [-0.05, 0) is 35.4 Å². The molecule has 6 N–H and O–H groups in total. The maximum absolute atomic E-state index is 6.15. The van der Waals surface area contributed by atoms with Crippen LogP contribution in [0.25, 0.3) is 12.2 Å². The topological polar surface area (TPSA) is 96.9 Å². The van der Waals surface area contributed by atoms with Crippen molar-refractivity contribution >= 4 is 29.4 Å². The minimum atomic E-state index is 0.198. The second kappa shape index (κ2) is 11.2. The average molecular weight is 461 g/mol. The van der Waals surface area contributed by atoms with Crippen LogP contribution in [0.15, 0.2) is 138 Å². The first kappa shape index (κ1) is 23.2. The van der Waals surface area contributed by atoms with E-state index < -0.39 is 0 Å². The summed E-state index contributed by atoms with van der Waals surface area (Å²) in [5.41, 5.74) is 22.3. The number of benzene rings is 4. The van der Waals surface area contributed by atoms with Gasteiger partial charge in [-0.3, -0.25) is 0 Å². The zero-order chi connectivity index (χ0) is 24.5. The first-order valence-electron chi connectivity index (χ1n) is 11.2. The van der Waals surface area contributed by atoms with E-state index in [4.69, 9.17) is 17.2 Å². The molecule has 0 atom stereocenters. The van der Waals surface area contributed by atoms with Crippen molar-refractivity contribution < 1.29 is 0 Å². The Labute approximate surface area is 205 Å². The molecule has 0 fully saturated rings. The van der Waals surface area contributed by atoms with E-state index in [2.05, 4.69) is 41.5 Å². The zero-order valence-electron chi connectivity index (χ0n) is 19.3. The fraction of sp³-hybridized carbons (Fsp3) is 0. The number of rotatable bonds is 4. The molecule has 6 heteroatoms. The highest BCUT2D eigenvalue weighted by atomic mass is 15.8. The maximum atomic E-state index is 6.15. The van der Waals surface area contributed by atoms with Crippen LogP contribution in [0.2, 0.25) is 0 Å². The Kier molecular flexibility index (Phi) is 7.46. The highest BCUT2D eigenvalue weighted by Gasteiger charge is 2.27. The number of hydrogen-bond donors (Lipinski definition) is 3. The van der Waals surface area contributed by atoms with E-state index in [1.165, 1.54) is 11.1 Å². The molecule has 0 unspecified atom stereocenters. The summed E-state index contributed by atoms with van der Waals surface area (Å²) in [7, 11) is 0. The molecule has 1 aliphatic rings. The van der Waals surface area contributed by atoms with Crippen LogP contribution >= 0.6 is 0 Å². The van der Waals surface area contributed by atoms with E-state index in [1.807, 2.05) is 97.1 Å². The van der Waals surface area contributed by atoms with E-state index in [9.17, 15) is 0 Å². The van der Waals surface area contributed by atoms with Crippen molar-refractivity contribution in [3.8, 4) is 0 Å². The normalized spacial score (nSPS) is 13.3. The van der Waals surface area contributed by atoms with Crippen molar-refractivity contribution in [2.45, 2.75) is 0 Å². The second-order valence-electron chi connectivity index (χ2n) is 7.71. The van der Waals surface area contributed by atoms with Crippen LogP contribution in [0.3, 0.4) is 0 Å². The van der Waals surface area contributed by atoms with Crippen molar-refractivity contribution in [1.29, 1.82) is 0 Å². The molecule has 1 heterocycles.